The molecule has 0 fully saturated rings. The molecule has 0 aliphatic heterocycles. The highest BCUT2D eigenvalue weighted by Crippen LogP contribution is 2.34. The Kier molecular flexibility index (Phi) is 3.97. The third kappa shape index (κ3) is 3.19. The molecule has 0 heterocycles. The zero-order valence-electron chi connectivity index (χ0n) is 9.69. The van der Waals surface area contributed by atoms with Crippen LogP contribution in [-0.2, 0) is 0 Å². The van der Waals surface area contributed by atoms with Crippen LogP contribution in [0.25, 0.3) is 0 Å². The summed E-state index contributed by atoms with van der Waals surface area (Å²) in [6.07, 6.45) is 0. The van der Waals surface area contributed by atoms with Crippen LogP contribution in [0.5, 0.6) is 11.5 Å². The lowest BCUT2D eigenvalue weighted by molar-refractivity contribution is 0.0998. The van der Waals surface area contributed by atoms with Crippen LogP contribution in [0.4, 0.5) is 5.69 Å². The second-order valence-corrected chi connectivity index (χ2v) is 5.12. The molecule has 0 aliphatic carbocycles. The van der Waals surface area contributed by atoms with Crippen molar-refractivity contribution in [2.45, 2.75) is 0 Å². The highest BCUT2D eigenvalue weighted by Gasteiger charge is 2.12. The molecular weight excluding hydrogens is 332 g/mol. The van der Waals surface area contributed by atoms with Gasteiger partial charge in [0.25, 0.3) is 5.91 Å². The Balaban J connectivity index is 2.45. The maximum absolute atomic E-state index is 11.3. The fraction of sp³-hybridized carbons (Fsp3) is 0. The minimum absolute atomic E-state index is 0.241. The van der Waals surface area contributed by atoms with Crippen molar-refractivity contribution in [1.82, 2.24) is 0 Å². The van der Waals surface area contributed by atoms with E-state index in [-0.39, 0.29) is 11.3 Å². The minimum atomic E-state index is -0.596. The standard InChI is InChI=1S/C13H10BrClN2O2/c14-7-1-4-10(15)12(5-7)19-11-6-8(16)2-3-9(11)13(17)18/h1-6H,16H2,(H2,17,18). The zero-order chi connectivity index (χ0) is 14.0. The Bertz CT molecular complexity index is 647. The van der Waals surface area contributed by atoms with Gasteiger partial charge in [-0.05, 0) is 30.3 Å². The van der Waals surface area contributed by atoms with Crippen LogP contribution in [0.1, 0.15) is 10.4 Å². The van der Waals surface area contributed by atoms with Crippen molar-refractivity contribution in [3.63, 3.8) is 0 Å². The molecule has 0 saturated carbocycles. The van der Waals surface area contributed by atoms with Gasteiger partial charge in [0.1, 0.15) is 11.5 Å². The van der Waals surface area contributed by atoms with Crippen LogP contribution >= 0.6 is 27.5 Å². The summed E-state index contributed by atoms with van der Waals surface area (Å²) in [5.74, 6) is 0.0813. The second kappa shape index (κ2) is 5.50. The fourth-order valence-corrected chi connectivity index (χ4v) is 2.00. The third-order valence-corrected chi connectivity index (χ3v) is 3.19. The molecule has 0 saturated heterocycles. The molecule has 19 heavy (non-hydrogen) atoms. The maximum Gasteiger partial charge on any atom is 0.252 e. The van der Waals surface area contributed by atoms with Crippen LogP contribution in [0.2, 0.25) is 5.02 Å². The van der Waals surface area contributed by atoms with Crippen molar-refractivity contribution in [1.29, 1.82) is 0 Å². The van der Waals surface area contributed by atoms with Gasteiger partial charge in [0.15, 0.2) is 0 Å². The molecule has 0 aromatic heterocycles. The summed E-state index contributed by atoms with van der Waals surface area (Å²) in [7, 11) is 0. The third-order valence-electron chi connectivity index (χ3n) is 2.38. The number of benzene rings is 2. The molecule has 0 bridgehead atoms. The first-order chi connectivity index (χ1) is 8.97. The Morgan fingerprint density at radius 3 is 2.58 bits per heavy atom. The summed E-state index contributed by atoms with van der Waals surface area (Å²) in [6.45, 7) is 0. The predicted molar refractivity (Wildman–Crippen MR) is 78.6 cm³/mol. The van der Waals surface area contributed by atoms with Gasteiger partial charge in [-0.25, -0.2) is 0 Å². The molecular formula is C13H10BrClN2O2. The fourth-order valence-electron chi connectivity index (χ4n) is 1.50. The molecule has 2 aromatic carbocycles. The minimum Gasteiger partial charge on any atom is -0.455 e. The van der Waals surface area contributed by atoms with Crippen molar-refractivity contribution in [3.8, 4) is 11.5 Å². The number of amides is 1. The van der Waals surface area contributed by atoms with Gasteiger partial charge in [0, 0.05) is 16.2 Å². The van der Waals surface area contributed by atoms with Crippen molar-refractivity contribution in [2.75, 3.05) is 5.73 Å². The largest absolute Gasteiger partial charge is 0.455 e. The molecule has 2 aromatic rings. The number of nitrogens with two attached hydrogens (primary N) is 2. The lowest BCUT2D eigenvalue weighted by Crippen LogP contribution is -2.12. The van der Waals surface area contributed by atoms with Gasteiger partial charge in [0.2, 0.25) is 0 Å². The van der Waals surface area contributed by atoms with Gasteiger partial charge in [-0.1, -0.05) is 27.5 Å². The number of hydrogen-bond acceptors (Lipinski definition) is 3. The summed E-state index contributed by atoms with van der Waals surface area (Å²) >= 11 is 9.34. The number of primary amides is 1. The van der Waals surface area contributed by atoms with Gasteiger partial charge in [0.05, 0.1) is 10.6 Å². The van der Waals surface area contributed by atoms with E-state index >= 15 is 0 Å². The molecule has 0 atom stereocenters. The summed E-state index contributed by atoms with van der Waals surface area (Å²) in [6, 6.07) is 9.77. The lowest BCUT2D eigenvalue weighted by Gasteiger charge is -2.11. The highest BCUT2D eigenvalue weighted by molar-refractivity contribution is 9.10. The monoisotopic (exact) mass is 340 g/mol. The average Bonchev–Trinajstić information content (AvgIpc) is 2.33. The lowest BCUT2D eigenvalue weighted by atomic mass is 10.1. The van der Waals surface area contributed by atoms with Crippen molar-refractivity contribution in [3.05, 3.63) is 51.5 Å². The molecule has 0 unspecified atom stereocenters. The first-order valence-electron chi connectivity index (χ1n) is 5.29. The first-order valence-corrected chi connectivity index (χ1v) is 6.46. The smallest absolute Gasteiger partial charge is 0.252 e. The van der Waals surface area contributed by atoms with Crippen LogP contribution in [0.15, 0.2) is 40.9 Å². The summed E-state index contributed by atoms with van der Waals surface area (Å²) < 4.78 is 6.42. The van der Waals surface area contributed by atoms with Crippen LogP contribution in [0.3, 0.4) is 0 Å². The number of rotatable bonds is 3. The van der Waals surface area contributed by atoms with E-state index in [2.05, 4.69) is 15.9 Å². The number of hydrogen-bond donors (Lipinski definition) is 2. The predicted octanol–water partition coefficient (Wildman–Crippen LogP) is 3.58. The summed E-state index contributed by atoms with van der Waals surface area (Å²) in [5, 5.41) is 0.418. The molecule has 6 heteroatoms. The van der Waals surface area contributed by atoms with E-state index in [4.69, 9.17) is 27.8 Å². The zero-order valence-corrected chi connectivity index (χ0v) is 12.0. The van der Waals surface area contributed by atoms with Gasteiger partial charge < -0.3 is 16.2 Å². The van der Waals surface area contributed by atoms with E-state index in [1.54, 1.807) is 24.3 Å². The molecule has 98 valence electrons. The van der Waals surface area contributed by atoms with E-state index in [9.17, 15) is 4.79 Å². The molecule has 1 amide bonds. The quantitative estimate of drug-likeness (QED) is 0.838. The van der Waals surface area contributed by atoms with Crippen LogP contribution in [-0.4, -0.2) is 5.91 Å². The maximum atomic E-state index is 11.3. The number of anilines is 1. The SMILES string of the molecule is NC(=O)c1ccc(N)cc1Oc1cc(Br)ccc1Cl. The van der Waals surface area contributed by atoms with E-state index in [0.29, 0.717) is 16.5 Å². The van der Waals surface area contributed by atoms with Crippen molar-refractivity contribution < 1.29 is 9.53 Å². The molecule has 4 nitrogen and oxygen atoms in total. The number of carbonyl (C=O) groups is 1. The molecule has 0 radical (unpaired) electrons. The van der Waals surface area contributed by atoms with Gasteiger partial charge >= 0.3 is 0 Å². The molecule has 2 rings (SSSR count). The number of nitrogen functional groups attached to an aromatic ring is 1. The van der Waals surface area contributed by atoms with E-state index in [0.717, 1.165) is 4.47 Å². The van der Waals surface area contributed by atoms with Crippen molar-refractivity contribution >= 4 is 39.1 Å². The highest BCUT2D eigenvalue weighted by atomic mass is 79.9. The number of carbonyl (C=O) groups excluding carboxylic acids is 1. The Hall–Kier alpha value is -1.72. The van der Waals surface area contributed by atoms with Gasteiger partial charge in [-0.3, -0.25) is 4.79 Å². The van der Waals surface area contributed by atoms with E-state index in [1.807, 2.05) is 0 Å². The topological polar surface area (TPSA) is 78.3 Å². The first kappa shape index (κ1) is 13.7. The molecule has 0 spiro atoms. The Labute approximate surface area is 123 Å². The van der Waals surface area contributed by atoms with E-state index < -0.39 is 5.91 Å². The second-order valence-electron chi connectivity index (χ2n) is 3.80. The molecule has 4 N–H and O–H groups in total. The van der Waals surface area contributed by atoms with E-state index in [1.165, 1.54) is 12.1 Å². The Morgan fingerprint density at radius 1 is 1.16 bits per heavy atom. The summed E-state index contributed by atoms with van der Waals surface area (Å²) in [4.78, 5) is 11.3. The Morgan fingerprint density at radius 2 is 1.89 bits per heavy atom. The summed E-state index contributed by atoms with van der Waals surface area (Å²) in [5.41, 5.74) is 11.7. The number of ether oxygens (including phenoxy) is 1. The average molecular weight is 342 g/mol. The van der Waals surface area contributed by atoms with Crippen LogP contribution < -0.4 is 16.2 Å². The van der Waals surface area contributed by atoms with Crippen molar-refractivity contribution in [2.24, 2.45) is 5.73 Å². The van der Waals surface area contributed by atoms with Gasteiger partial charge in [-0.15, -0.1) is 0 Å². The van der Waals surface area contributed by atoms with Gasteiger partial charge in [-0.2, -0.15) is 0 Å². The molecule has 0 aliphatic rings. The van der Waals surface area contributed by atoms with Crippen LogP contribution in [0, 0.1) is 0 Å². The number of halogens is 2. The normalized spacial score (nSPS) is 10.2.